The maximum atomic E-state index is 11.2. The van der Waals surface area contributed by atoms with Crippen LogP contribution in [0.5, 0.6) is 0 Å². The number of hydrogen-bond donors (Lipinski definition) is 3. The Morgan fingerprint density at radius 3 is 2.61 bits per heavy atom. The predicted octanol–water partition coefficient (Wildman–Crippen LogP) is 1.74. The summed E-state index contributed by atoms with van der Waals surface area (Å²) in [7, 11) is -4.24. The Balaban J connectivity index is 2.64. The third-order valence-electron chi connectivity index (χ3n) is 2.39. The van der Waals surface area contributed by atoms with Crippen LogP contribution in [-0.4, -0.2) is 18.1 Å². The Morgan fingerprint density at radius 2 is 2.00 bits per heavy atom. The van der Waals surface area contributed by atoms with Gasteiger partial charge in [0.05, 0.1) is 0 Å². The highest BCUT2D eigenvalue weighted by Gasteiger charge is 2.13. The Morgan fingerprint density at radius 1 is 1.28 bits per heavy atom. The minimum Gasteiger partial charge on any atom is -0.376 e. The van der Waals surface area contributed by atoms with E-state index < -0.39 is 10.1 Å². The molecular weight excluding hydrogens is 272 g/mol. The fourth-order valence-corrected chi connectivity index (χ4v) is 2.53. The molecule has 0 bridgehead atoms. The van der Waals surface area contributed by atoms with Crippen LogP contribution in [0.2, 0.25) is 0 Å². The van der Waals surface area contributed by atoms with Crippen molar-refractivity contribution in [2.75, 3.05) is 5.32 Å². The van der Waals surface area contributed by atoms with E-state index >= 15 is 0 Å². The molecule has 0 aliphatic rings. The van der Waals surface area contributed by atoms with Gasteiger partial charge in [-0.25, -0.2) is 0 Å². The third kappa shape index (κ3) is 2.58. The Hall–Kier alpha value is -1.70. The molecular formula is C11H10N2O3S2. The molecule has 4 N–H and O–H groups in total. The Bertz CT molecular complexity index is 726. The molecule has 0 aromatic heterocycles. The van der Waals surface area contributed by atoms with Gasteiger partial charge in [0, 0.05) is 11.1 Å². The van der Waals surface area contributed by atoms with Crippen LogP contribution in [-0.2, 0) is 10.1 Å². The summed E-state index contributed by atoms with van der Waals surface area (Å²) in [5.41, 5.74) is 6.01. The number of rotatable bonds is 2. The fraction of sp³-hybridized carbons (Fsp3) is 0. The van der Waals surface area contributed by atoms with Gasteiger partial charge in [0.15, 0.2) is 5.11 Å². The molecule has 0 unspecified atom stereocenters. The fourth-order valence-electron chi connectivity index (χ4n) is 1.70. The molecule has 2 rings (SSSR count). The van der Waals surface area contributed by atoms with Crippen LogP contribution in [0.3, 0.4) is 0 Å². The summed E-state index contributed by atoms with van der Waals surface area (Å²) in [6, 6.07) is 9.54. The normalized spacial score (nSPS) is 11.4. The quantitative estimate of drug-likeness (QED) is 0.574. The number of anilines is 1. The monoisotopic (exact) mass is 282 g/mol. The molecule has 7 heteroatoms. The predicted molar refractivity (Wildman–Crippen MR) is 74.2 cm³/mol. The van der Waals surface area contributed by atoms with Crippen LogP contribution in [0.1, 0.15) is 0 Å². The van der Waals surface area contributed by atoms with Crippen molar-refractivity contribution in [1.29, 1.82) is 0 Å². The lowest BCUT2D eigenvalue weighted by Gasteiger charge is -2.07. The van der Waals surface area contributed by atoms with Gasteiger partial charge >= 0.3 is 0 Å². The number of nitrogens with one attached hydrogen (secondary N) is 1. The maximum Gasteiger partial charge on any atom is 0.295 e. The van der Waals surface area contributed by atoms with E-state index in [0.29, 0.717) is 16.5 Å². The number of fused-ring (bicyclic) bond motifs is 1. The maximum absolute atomic E-state index is 11.2. The van der Waals surface area contributed by atoms with E-state index in [1.54, 1.807) is 30.3 Å². The summed E-state index contributed by atoms with van der Waals surface area (Å²) >= 11 is 4.72. The van der Waals surface area contributed by atoms with Crippen molar-refractivity contribution in [1.82, 2.24) is 0 Å². The lowest BCUT2D eigenvalue weighted by Crippen LogP contribution is -2.18. The summed E-state index contributed by atoms with van der Waals surface area (Å²) in [6.07, 6.45) is 0. The smallest absolute Gasteiger partial charge is 0.295 e. The van der Waals surface area contributed by atoms with Crippen LogP contribution in [0.15, 0.2) is 41.3 Å². The minimum atomic E-state index is -4.24. The molecule has 0 spiro atoms. The zero-order valence-corrected chi connectivity index (χ0v) is 10.8. The van der Waals surface area contributed by atoms with Crippen LogP contribution in [0, 0.1) is 0 Å². The van der Waals surface area contributed by atoms with Gasteiger partial charge in [-0.05, 0) is 35.8 Å². The lowest BCUT2D eigenvalue weighted by molar-refractivity contribution is 0.484. The van der Waals surface area contributed by atoms with Gasteiger partial charge in [-0.1, -0.05) is 18.2 Å². The van der Waals surface area contributed by atoms with Gasteiger partial charge in [-0.3, -0.25) is 4.55 Å². The molecule has 2 aromatic rings. The summed E-state index contributed by atoms with van der Waals surface area (Å²) in [4.78, 5) is -0.123. The standard InChI is InChI=1S/C11H10N2O3S2/c12-11(17)13-8-4-5-9-7(6-8)2-1-3-10(9)18(14,15)16/h1-6H,(H3,12,13,17)(H,14,15,16). The zero-order valence-electron chi connectivity index (χ0n) is 9.12. The zero-order chi connectivity index (χ0) is 13.3. The van der Waals surface area contributed by atoms with Crippen molar-refractivity contribution < 1.29 is 13.0 Å². The molecule has 18 heavy (non-hydrogen) atoms. The van der Waals surface area contributed by atoms with E-state index in [2.05, 4.69) is 5.32 Å². The number of benzene rings is 2. The summed E-state index contributed by atoms with van der Waals surface area (Å²) in [5.74, 6) is 0. The molecule has 2 aromatic carbocycles. The van der Waals surface area contributed by atoms with Gasteiger partial charge < -0.3 is 11.1 Å². The largest absolute Gasteiger partial charge is 0.376 e. The van der Waals surface area contributed by atoms with E-state index in [9.17, 15) is 8.42 Å². The van der Waals surface area contributed by atoms with E-state index in [1.807, 2.05) is 0 Å². The molecule has 0 atom stereocenters. The molecule has 5 nitrogen and oxygen atoms in total. The van der Waals surface area contributed by atoms with Crippen LogP contribution >= 0.6 is 12.2 Å². The molecule has 94 valence electrons. The number of nitrogens with two attached hydrogens (primary N) is 1. The first-order chi connectivity index (χ1) is 8.38. The Kier molecular flexibility index (Phi) is 3.20. The van der Waals surface area contributed by atoms with Gasteiger partial charge in [-0.15, -0.1) is 0 Å². The van der Waals surface area contributed by atoms with Crippen molar-refractivity contribution in [3.05, 3.63) is 36.4 Å². The molecule has 0 fully saturated rings. The molecule has 0 saturated carbocycles. The average molecular weight is 282 g/mol. The van der Waals surface area contributed by atoms with Crippen molar-refractivity contribution in [3.63, 3.8) is 0 Å². The average Bonchev–Trinajstić information content (AvgIpc) is 2.25. The van der Waals surface area contributed by atoms with Crippen molar-refractivity contribution in [3.8, 4) is 0 Å². The van der Waals surface area contributed by atoms with Crippen molar-refractivity contribution in [2.24, 2.45) is 5.73 Å². The van der Waals surface area contributed by atoms with Gasteiger partial charge in [0.1, 0.15) is 4.90 Å². The first-order valence-electron chi connectivity index (χ1n) is 4.94. The second-order valence-corrected chi connectivity index (χ2v) is 5.49. The number of hydrogen-bond acceptors (Lipinski definition) is 3. The first kappa shape index (κ1) is 12.7. The second-order valence-electron chi connectivity index (χ2n) is 3.66. The number of thiocarbonyl (C=S) groups is 1. The highest BCUT2D eigenvalue weighted by Crippen LogP contribution is 2.25. The van der Waals surface area contributed by atoms with Gasteiger partial charge in [-0.2, -0.15) is 8.42 Å². The SMILES string of the molecule is NC(=S)Nc1ccc2c(S(=O)(=O)O)cccc2c1. The van der Waals surface area contributed by atoms with Crippen molar-refractivity contribution >= 4 is 43.9 Å². The third-order valence-corrected chi connectivity index (χ3v) is 3.40. The van der Waals surface area contributed by atoms with Gasteiger partial charge in [0.2, 0.25) is 0 Å². The lowest BCUT2D eigenvalue weighted by atomic mass is 10.1. The molecule has 0 aliphatic heterocycles. The molecule has 0 aliphatic carbocycles. The van der Waals surface area contributed by atoms with E-state index in [1.165, 1.54) is 6.07 Å². The van der Waals surface area contributed by atoms with E-state index in [4.69, 9.17) is 22.5 Å². The van der Waals surface area contributed by atoms with Gasteiger partial charge in [0.25, 0.3) is 10.1 Å². The molecule has 0 amide bonds. The van der Waals surface area contributed by atoms with Crippen molar-refractivity contribution in [2.45, 2.75) is 4.90 Å². The first-order valence-corrected chi connectivity index (χ1v) is 6.79. The summed E-state index contributed by atoms with van der Waals surface area (Å²) < 4.78 is 31.5. The van der Waals surface area contributed by atoms with Crippen LogP contribution < -0.4 is 11.1 Å². The van der Waals surface area contributed by atoms with Crippen LogP contribution in [0.4, 0.5) is 5.69 Å². The summed E-state index contributed by atoms with van der Waals surface area (Å²) in [5, 5.41) is 3.97. The molecule has 0 saturated heterocycles. The minimum absolute atomic E-state index is 0.123. The Labute approximate surface area is 109 Å². The van der Waals surface area contributed by atoms with E-state index in [-0.39, 0.29) is 10.0 Å². The topological polar surface area (TPSA) is 92.4 Å². The molecule has 0 radical (unpaired) electrons. The highest BCUT2D eigenvalue weighted by molar-refractivity contribution is 7.86. The molecule has 0 heterocycles. The van der Waals surface area contributed by atoms with Crippen LogP contribution in [0.25, 0.3) is 10.8 Å². The second kappa shape index (κ2) is 4.52. The van der Waals surface area contributed by atoms with E-state index in [0.717, 1.165) is 0 Å². The summed E-state index contributed by atoms with van der Waals surface area (Å²) in [6.45, 7) is 0. The highest BCUT2D eigenvalue weighted by atomic mass is 32.2.